The van der Waals surface area contributed by atoms with Crippen molar-refractivity contribution in [2.45, 2.75) is 25.7 Å². The first-order chi connectivity index (χ1) is 7.69. The van der Waals surface area contributed by atoms with E-state index in [1.165, 1.54) is 0 Å². The molecule has 0 aromatic carbocycles. The number of hydrogen-bond acceptors (Lipinski definition) is 4. The van der Waals surface area contributed by atoms with Gasteiger partial charge in [0.25, 0.3) is 0 Å². The fourth-order valence-electron chi connectivity index (χ4n) is 1.42. The van der Waals surface area contributed by atoms with E-state index in [2.05, 4.69) is 0 Å². The molecule has 0 heterocycles. The van der Waals surface area contributed by atoms with Crippen LogP contribution in [0.2, 0.25) is 0 Å². The van der Waals surface area contributed by atoms with Crippen LogP contribution in [-0.2, 0) is 19.2 Å². The summed E-state index contributed by atoms with van der Waals surface area (Å²) in [6, 6.07) is 0. The van der Waals surface area contributed by atoms with E-state index in [0.717, 1.165) is 0 Å². The van der Waals surface area contributed by atoms with Crippen LogP contribution >= 0.6 is 0 Å². The first-order valence-corrected chi connectivity index (χ1v) is 4.58. The van der Waals surface area contributed by atoms with E-state index in [0.29, 0.717) is 0 Å². The monoisotopic (exact) mass is 248 g/mol. The number of carboxylic acids is 4. The maximum Gasteiger partial charge on any atom is 0.310 e. The van der Waals surface area contributed by atoms with Gasteiger partial charge in [0.05, 0.1) is 18.3 Å². The molecule has 0 aromatic rings. The molecule has 0 atom stereocenters. The number of hydrogen-bond donors (Lipinski definition) is 4. The van der Waals surface area contributed by atoms with Gasteiger partial charge in [-0.1, -0.05) is 0 Å². The van der Waals surface area contributed by atoms with Crippen molar-refractivity contribution in [2.75, 3.05) is 0 Å². The lowest BCUT2D eigenvalue weighted by Crippen LogP contribution is -2.36. The van der Waals surface area contributed by atoms with Gasteiger partial charge in [-0.05, 0) is 6.42 Å². The van der Waals surface area contributed by atoms with Crippen LogP contribution in [0.15, 0.2) is 0 Å². The average molecular weight is 248 g/mol. The summed E-state index contributed by atoms with van der Waals surface area (Å²) in [7, 11) is 0. The maximum atomic E-state index is 11.0. The summed E-state index contributed by atoms with van der Waals surface area (Å²) in [4.78, 5) is 42.4. The minimum absolute atomic E-state index is 0.545. The topological polar surface area (TPSA) is 149 Å². The molecule has 8 heteroatoms. The second kappa shape index (κ2) is 5.83. The zero-order valence-corrected chi connectivity index (χ0v) is 8.75. The normalized spacial score (nSPS) is 10.8. The summed E-state index contributed by atoms with van der Waals surface area (Å²) < 4.78 is 0. The van der Waals surface area contributed by atoms with Gasteiger partial charge in [0, 0.05) is 6.42 Å². The Bertz CT molecular complexity index is 329. The van der Waals surface area contributed by atoms with Crippen LogP contribution in [0.1, 0.15) is 25.7 Å². The van der Waals surface area contributed by atoms with E-state index in [1.54, 1.807) is 0 Å². The molecule has 17 heavy (non-hydrogen) atoms. The van der Waals surface area contributed by atoms with Gasteiger partial charge in [-0.2, -0.15) is 0 Å². The number of carbonyl (C=O) groups is 4. The van der Waals surface area contributed by atoms with Crippen LogP contribution in [0.5, 0.6) is 0 Å². The van der Waals surface area contributed by atoms with E-state index in [1.807, 2.05) is 0 Å². The van der Waals surface area contributed by atoms with Gasteiger partial charge < -0.3 is 20.4 Å². The first kappa shape index (κ1) is 14.9. The lowest BCUT2D eigenvalue weighted by Gasteiger charge is -2.25. The third-order valence-corrected chi connectivity index (χ3v) is 2.25. The third-order valence-electron chi connectivity index (χ3n) is 2.25. The molecule has 4 N–H and O–H groups in total. The Labute approximate surface area is 95.5 Å². The maximum absolute atomic E-state index is 11.0. The van der Waals surface area contributed by atoms with Crippen LogP contribution in [0.25, 0.3) is 0 Å². The second-order valence-electron chi connectivity index (χ2n) is 3.62. The van der Waals surface area contributed by atoms with Gasteiger partial charge >= 0.3 is 23.9 Å². The van der Waals surface area contributed by atoms with Gasteiger partial charge in [0.1, 0.15) is 0 Å². The molecule has 8 nitrogen and oxygen atoms in total. The largest absolute Gasteiger partial charge is 0.481 e. The Morgan fingerprint density at radius 1 is 0.765 bits per heavy atom. The van der Waals surface area contributed by atoms with Crippen molar-refractivity contribution in [2.24, 2.45) is 5.41 Å². The standard InChI is InChI=1S/C9H12O8/c10-5(11)1-2-9(8(16)17,3-6(12)13)4-7(14)15/h1-4H2,(H,10,11)(H,12,13)(H,14,15)(H,16,17). The molecule has 0 aliphatic heterocycles. The lowest BCUT2D eigenvalue weighted by molar-refractivity contribution is -0.162. The van der Waals surface area contributed by atoms with E-state index in [4.69, 9.17) is 20.4 Å². The van der Waals surface area contributed by atoms with Crippen molar-refractivity contribution in [3.05, 3.63) is 0 Å². The summed E-state index contributed by atoms with van der Waals surface area (Å²) in [6.07, 6.45) is -3.01. The molecule has 0 bridgehead atoms. The summed E-state index contributed by atoms with van der Waals surface area (Å²) >= 11 is 0. The van der Waals surface area contributed by atoms with Gasteiger partial charge in [-0.25, -0.2) is 0 Å². The van der Waals surface area contributed by atoms with Crippen molar-refractivity contribution in [3.63, 3.8) is 0 Å². The highest BCUT2D eigenvalue weighted by Gasteiger charge is 2.43. The first-order valence-electron chi connectivity index (χ1n) is 4.58. The number of rotatable bonds is 8. The van der Waals surface area contributed by atoms with Crippen LogP contribution in [-0.4, -0.2) is 44.3 Å². The van der Waals surface area contributed by atoms with Gasteiger partial charge in [0.2, 0.25) is 0 Å². The molecular weight excluding hydrogens is 236 g/mol. The summed E-state index contributed by atoms with van der Waals surface area (Å²) in [5, 5.41) is 34.5. The minimum atomic E-state index is -2.09. The highest BCUT2D eigenvalue weighted by Crippen LogP contribution is 2.33. The van der Waals surface area contributed by atoms with E-state index < -0.39 is 55.0 Å². The Kier molecular flexibility index (Phi) is 5.10. The van der Waals surface area contributed by atoms with Crippen molar-refractivity contribution in [3.8, 4) is 0 Å². The summed E-state index contributed by atoms with van der Waals surface area (Å²) in [6.45, 7) is 0. The Morgan fingerprint density at radius 2 is 1.18 bits per heavy atom. The highest BCUT2D eigenvalue weighted by atomic mass is 16.4. The van der Waals surface area contributed by atoms with Crippen LogP contribution in [0, 0.1) is 5.41 Å². The molecule has 0 saturated carbocycles. The highest BCUT2D eigenvalue weighted by molar-refractivity contribution is 5.86. The lowest BCUT2D eigenvalue weighted by atomic mass is 9.77. The molecule has 0 aliphatic carbocycles. The molecular formula is C9H12O8. The molecule has 0 fully saturated rings. The second-order valence-corrected chi connectivity index (χ2v) is 3.62. The minimum Gasteiger partial charge on any atom is -0.481 e. The van der Waals surface area contributed by atoms with E-state index >= 15 is 0 Å². The fourth-order valence-corrected chi connectivity index (χ4v) is 1.42. The van der Waals surface area contributed by atoms with Crippen LogP contribution in [0.3, 0.4) is 0 Å². The van der Waals surface area contributed by atoms with E-state index in [-0.39, 0.29) is 0 Å². The van der Waals surface area contributed by atoms with Crippen molar-refractivity contribution >= 4 is 23.9 Å². The van der Waals surface area contributed by atoms with Crippen molar-refractivity contribution in [1.29, 1.82) is 0 Å². The molecule has 0 radical (unpaired) electrons. The smallest absolute Gasteiger partial charge is 0.310 e. The predicted octanol–water partition coefficient (Wildman–Crippen LogP) is -0.128. The third kappa shape index (κ3) is 4.96. The van der Waals surface area contributed by atoms with Crippen LogP contribution < -0.4 is 0 Å². The average Bonchev–Trinajstić information content (AvgIpc) is 2.11. The van der Waals surface area contributed by atoms with E-state index in [9.17, 15) is 19.2 Å². The summed E-state index contributed by atoms with van der Waals surface area (Å²) in [5.74, 6) is -5.91. The van der Waals surface area contributed by atoms with Gasteiger partial charge in [0.15, 0.2) is 0 Å². The molecule has 0 amide bonds. The van der Waals surface area contributed by atoms with Gasteiger partial charge in [-0.3, -0.25) is 19.2 Å². The Hall–Kier alpha value is -2.12. The fraction of sp³-hybridized carbons (Fsp3) is 0.556. The van der Waals surface area contributed by atoms with Crippen LogP contribution in [0.4, 0.5) is 0 Å². The molecule has 0 aromatic heterocycles. The molecule has 96 valence electrons. The molecule has 0 saturated heterocycles. The predicted molar refractivity (Wildman–Crippen MR) is 51.4 cm³/mol. The Balaban J connectivity index is 5.07. The molecule has 0 aliphatic rings. The molecule has 0 rings (SSSR count). The quantitative estimate of drug-likeness (QED) is 0.464. The Morgan fingerprint density at radius 3 is 1.41 bits per heavy atom. The SMILES string of the molecule is O=C(O)CCC(CC(=O)O)(CC(=O)O)C(=O)O. The zero-order chi connectivity index (χ0) is 13.6. The molecule has 0 unspecified atom stereocenters. The van der Waals surface area contributed by atoms with Gasteiger partial charge in [-0.15, -0.1) is 0 Å². The van der Waals surface area contributed by atoms with Crippen molar-refractivity contribution < 1.29 is 39.6 Å². The summed E-state index contributed by atoms with van der Waals surface area (Å²) in [5.41, 5.74) is -2.09. The zero-order valence-electron chi connectivity index (χ0n) is 8.75. The van der Waals surface area contributed by atoms with Crippen molar-refractivity contribution in [1.82, 2.24) is 0 Å². The number of carboxylic acid groups (broad SMARTS) is 4. The number of aliphatic carboxylic acids is 4. The molecule has 0 spiro atoms.